The zero-order chi connectivity index (χ0) is 23.2. The van der Waals surface area contributed by atoms with Crippen molar-refractivity contribution in [3.8, 4) is 5.75 Å². The van der Waals surface area contributed by atoms with Crippen LogP contribution >= 0.6 is 45.2 Å². The number of hydrogen-bond acceptors (Lipinski definition) is 4. The van der Waals surface area contributed by atoms with Crippen molar-refractivity contribution in [1.29, 1.82) is 0 Å². The number of carbonyl (C=O) groups is 1. The van der Waals surface area contributed by atoms with E-state index in [0.29, 0.717) is 12.2 Å². The summed E-state index contributed by atoms with van der Waals surface area (Å²) < 4.78 is 8.06. The normalized spacial score (nSPS) is 12.1. The van der Waals surface area contributed by atoms with Gasteiger partial charge in [-0.25, -0.2) is 5.43 Å². The number of fused-ring (bicyclic) bond motifs is 1. The van der Waals surface area contributed by atoms with Crippen molar-refractivity contribution < 1.29 is 14.6 Å². The lowest BCUT2D eigenvalue weighted by atomic mass is 10.1. The molecule has 166 valence electrons. The zero-order valence-electron chi connectivity index (χ0n) is 17.4. The third-order valence-electron chi connectivity index (χ3n) is 5.02. The van der Waals surface area contributed by atoms with E-state index in [4.69, 9.17) is 4.74 Å². The fourth-order valence-electron chi connectivity index (χ4n) is 3.38. The maximum Gasteiger partial charge on any atom is 0.273 e. The van der Waals surface area contributed by atoms with Crippen LogP contribution in [0.15, 0.2) is 90.0 Å². The van der Waals surface area contributed by atoms with Gasteiger partial charge < -0.3 is 9.84 Å². The third-order valence-corrected chi connectivity index (χ3v) is 6.63. The van der Waals surface area contributed by atoms with Crippen LogP contribution in [0.2, 0.25) is 0 Å². The summed E-state index contributed by atoms with van der Waals surface area (Å²) in [6, 6.07) is 27.1. The van der Waals surface area contributed by atoms with Crippen LogP contribution in [-0.2, 0) is 11.4 Å². The molecule has 33 heavy (non-hydrogen) atoms. The Labute approximate surface area is 219 Å². The first-order valence-electron chi connectivity index (χ1n) is 10.2. The van der Waals surface area contributed by atoms with E-state index in [1.54, 1.807) is 30.5 Å². The molecule has 0 heterocycles. The Kier molecular flexibility index (Phi) is 7.94. The van der Waals surface area contributed by atoms with Gasteiger partial charge in [0.2, 0.25) is 0 Å². The van der Waals surface area contributed by atoms with Gasteiger partial charge >= 0.3 is 0 Å². The van der Waals surface area contributed by atoms with E-state index >= 15 is 0 Å². The molecule has 0 saturated carbocycles. The van der Waals surface area contributed by atoms with Crippen LogP contribution in [0, 0.1) is 7.14 Å². The number of nitrogens with one attached hydrogen (secondary N) is 1. The monoisotopic (exact) mass is 662 g/mol. The molecule has 0 spiro atoms. The van der Waals surface area contributed by atoms with Crippen LogP contribution in [0.3, 0.4) is 0 Å². The summed E-state index contributed by atoms with van der Waals surface area (Å²) in [5.41, 5.74) is 4.85. The molecule has 4 rings (SSSR count). The minimum Gasteiger partial charge on any atom is -0.487 e. The van der Waals surface area contributed by atoms with Crippen molar-refractivity contribution in [2.75, 3.05) is 0 Å². The topological polar surface area (TPSA) is 70.9 Å². The van der Waals surface area contributed by atoms with E-state index in [1.165, 1.54) is 10.8 Å². The Morgan fingerprint density at radius 3 is 2.39 bits per heavy atom. The average Bonchev–Trinajstić information content (AvgIpc) is 2.83. The van der Waals surface area contributed by atoms with E-state index in [9.17, 15) is 9.90 Å². The lowest BCUT2D eigenvalue weighted by Crippen LogP contribution is -2.25. The first-order valence-corrected chi connectivity index (χ1v) is 12.3. The average molecular weight is 662 g/mol. The lowest BCUT2D eigenvalue weighted by Gasteiger charge is -2.13. The second-order valence-electron chi connectivity index (χ2n) is 7.29. The van der Waals surface area contributed by atoms with E-state index in [2.05, 4.69) is 80.0 Å². The molecule has 0 bridgehead atoms. The molecule has 0 unspecified atom stereocenters. The van der Waals surface area contributed by atoms with Gasteiger partial charge in [-0.2, -0.15) is 5.10 Å². The SMILES string of the molecule is O=C(N/N=C\c1cc(I)c(OCc2cccc3ccccc23)c(I)c1)[C@H](O)c1ccccc1. The summed E-state index contributed by atoms with van der Waals surface area (Å²) in [5, 5.41) is 16.5. The van der Waals surface area contributed by atoms with Crippen molar-refractivity contribution in [3.05, 3.63) is 109 Å². The van der Waals surface area contributed by atoms with E-state index in [-0.39, 0.29) is 0 Å². The molecule has 0 aliphatic rings. The number of aliphatic hydroxyl groups is 1. The molecule has 0 saturated heterocycles. The quantitative estimate of drug-likeness (QED) is 0.149. The number of nitrogens with zero attached hydrogens (tertiary/aromatic N) is 1. The number of carbonyl (C=O) groups excluding carboxylic acids is 1. The zero-order valence-corrected chi connectivity index (χ0v) is 21.7. The van der Waals surface area contributed by atoms with E-state index < -0.39 is 12.0 Å². The highest BCUT2D eigenvalue weighted by Gasteiger charge is 2.16. The lowest BCUT2D eigenvalue weighted by molar-refractivity contribution is -0.129. The number of rotatable bonds is 7. The third kappa shape index (κ3) is 5.90. The molecule has 4 aromatic rings. The summed E-state index contributed by atoms with van der Waals surface area (Å²) in [4.78, 5) is 12.1. The van der Waals surface area contributed by atoms with E-state index in [0.717, 1.165) is 24.0 Å². The van der Waals surface area contributed by atoms with Gasteiger partial charge in [0.05, 0.1) is 13.4 Å². The minimum atomic E-state index is -1.27. The van der Waals surface area contributed by atoms with Gasteiger partial charge in [-0.3, -0.25) is 4.79 Å². The molecular weight excluding hydrogens is 642 g/mol. The molecule has 1 atom stereocenters. The predicted octanol–water partition coefficient (Wildman–Crippen LogP) is 5.81. The Morgan fingerprint density at radius 1 is 0.970 bits per heavy atom. The Bertz CT molecular complexity index is 1280. The highest BCUT2D eigenvalue weighted by atomic mass is 127. The van der Waals surface area contributed by atoms with Crippen molar-refractivity contribution in [3.63, 3.8) is 0 Å². The van der Waals surface area contributed by atoms with E-state index in [1.807, 2.05) is 36.4 Å². The predicted molar refractivity (Wildman–Crippen MR) is 147 cm³/mol. The highest BCUT2D eigenvalue weighted by molar-refractivity contribution is 14.1. The largest absolute Gasteiger partial charge is 0.487 e. The van der Waals surface area contributed by atoms with Gasteiger partial charge in [0.15, 0.2) is 6.10 Å². The van der Waals surface area contributed by atoms with Gasteiger partial charge in [-0.1, -0.05) is 72.8 Å². The maximum absolute atomic E-state index is 12.1. The van der Waals surface area contributed by atoms with Crippen molar-refractivity contribution >= 4 is 68.1 Å². The number of benzene rings is 4. The second-order valence-corrected chi connectivity index (χ2v) is 9.61. The molecule has 5 nitrogen and oxygen atoms in total. The van der Waals surface area contributed by atoms with Crippen molar-refractivity contribution in [1.82, 2.24) is 5.43 Å². The second kappa shape index (κ2) is 11.1. The van der Waals surface area contributed by atoms with Gasteiger partial charge in [0.25, 0.3) is 5.91 Å². The molecule has 0 fully saturated rings. The minimum absolute atomic E-state index is 0.466. The first kappa shape index (κ1) is 23.7. The number of aliphatic hydroxyl groups excluding tert-OH is 1. The van der Waals surface area contributed by atoms with Crippen molar-refractivity contribution in [2.24, 2.45) is 5.10 Å². The highest BCUT2D eigenvalue weighted by Crippen LogP contribution is 2.30. The molecule has 2 N–H and O–H groups in total. The fraction of sp³-hybridized carbons (Fsp3) is 0.0769. The summed E-state index contributed by atoms with van der Waals surface area (Å²) in [5.74, 6) is 0.224. The van der Waals surface area contributed by atoms with Crippen LogP contribution in [0.4, 0.5) is 0 Å². The number of halogens is 2. The molecule has 0 aliphatic heterocycles. The Balaban J connectivity index is 1.42. The van der Waals surface area contributed by atoms with Gasteiger partial charge in [0, 0.05) is 0 Å². The van der Waals surface area contributed by atoms with Crippen molar-refractivity contribution in [2.45, 2.75) is 12.7 Å². The summed E-state index contributed by atoms with van der Waals surface area (Å²) in [7, 11) is 0. The summed E-state index contributed by atoms with van der Waals surface area (Å²) in [6.07, 6.45) is 0.280. The van der Waals surface area contributed by atoms with Gasteiger partial charge in [0.1, 0.15) is 12.4 Å². The van der Waals surface area contributed by atoms with Crippen LogP contribution < -0.4 is 10.2 Å². The molecule has 0 radical (unpaired) electrons. The first-order chi connectivity index (χ1) is 16.0. The van der Waals surface area contributed by atoms with Gasteiger partial charge in [-0.15, -0.1) is 0 Å². The number of hydrazone groups is 1. The Hall–Kier alpha value is -2.50. The summed E-state index contributed by atoms with van der Waals surface area (Å²) >= 11 is 4.47. The molecule has 0 aromatic heterocycles. The maximum atomic E-state index is 12.1. The number of ether oxygens (including phenoxy) is 1. The smallest absolute Gasteiger partial charge is 0.273 e. The molecular formula is C26H20I2N2O3. The Morgan fingerprint density at radius 2 is 1.64 bits per heavy atom. The standard InChI is InChI=1S/C26H20I2N2O3/c27-22-13-17(15-29-30-26(32)24(31)19-8-2-1-3-9-19)14-23(28)25(22)33-16-20-11-6-10-18-7-4-5-12-21(18)20/h1-15,24,31H,16H2,(H,30,32)/b29-15-/t24-/m1/s1. The molecule has 1 amide bonds. The van der Waals surface area contributed by atoms with Crippen LogP contribution in [0.25, 0.3) is 10.8 Å². The fourth-order valence-corrected chi connectivity index (χ4v) is 5.51. The molecule has 0 aliphatic carbocycles. The summed E-state index contributed by atoms with van der Waals surface area (Å²) in [6.45, 7) is 0.466. The van der Waals surface area contributed by atoms with Crippen LogP contribution in [0.5, 0.6) is 5.75 Å². The van der Waals surface area contributed by atoms with Crippen LogP contribution in [-0.4, -0.2) is 17.2 Å². The van der Waals surface area contributed by atoms with Gasteiger partial charge in [-0.05, 0) is 84.8 Å². The number of hydrogen-bond donors (Lipinski definition) is 2. The molecule has 4 aromatic carbocycles. The van der Waals surface area contributed by atoms with Crippen LogP contribution in [0.1, 0.15) is 22.8 Å². The number of amides is 1. The molecule has 7 heteroatoms.